The van der Waals surface area contributed by atoms with Crippen LogP contribution in [0.2, 0.25) is 0 Å². The zero-order valence-corrected chi connectivity index (χ0v) is 19.8. The second kappa shape index (κ2) is 13.5. The van der Waals surface area contributed by atoms with Gasteiger partial charge in [0.1, 0.15) is 11.6 Å². The highest BCUT2D eigenvalue weighted by molar-refractivity contribution is 5.62. The van der Waals surface area contributed by atoms with Crippen molar-refractivity contribution in [2.75, 3.05) is 6.61 Å². The highest BCUT2D eigenvalue weighted by atomic mass is 16.5. The molecule has 0 saturated heterocycles. The summed E-state index contributed by atoms with van der Waals surface area (Å²) < 4.78 is 5.66. The van der Waals surface area contributed by atoms with Crippen molar-refractivity contribution in [1.29, 1.82) is 0 Å². The van der Waals surface area contributed by atoms with Crippen LogP contribution < -0.4 is 4.74 Å². The van der Waals surface area contributed by atoms with E-state index in [0.29, 0.717) is 0 Å². The molecule has 0 aliphatic heterocycles. The molecule has 170 valence electrons. The minimum atomic E-state index is 0.762. The molecule has 31 heavy (non-hydrogen) atoms. The number of aryl methyl sites for hydroxylation is 1. The minimum absolute atomic E-state index is 0.762. The van der Waals surface area contributed by atoms with Crippen LogP contribution >= 0.6 is 0 Å². The van der Waals surface area contributed by atoms with E-state index in [1.165, 1.54) is 70.6 Å². The van der Waals surface area contributed by atoms with Crippen molar-refractivity contribution in [3.8, 4) is 16.9 Å². The minimum Gasteiger partial charge on any atom is -0.494 e. The molecule has 1 heterocycles. The van der Waals surface area contributed by atoms with Gasteiger partial charge in [-0.05, 0) is 42.4 Å². The largest absolute Gasteiger partial charge is 0.494 e. The summed E-state index contributed by atoms with van der Waals surface area (Å²) in [6.07, 6.45) is 21.5. The summed E-state index contributed by atoms with van der Waals surface area (Å²) in [6, 6.07) is 8.23. The van der Waals surface area contributed by atoms with Crippen molar-refractivity contribution in [1.82, 2.24) is 9.97 Å². The third-order valence-electron chi connectivity index (χ3n) is 6.82. The molecule has 1 aliphatic rings. The van der Waals surface area contributed by atoms with Gasteiger partial charge in [-0.2, -0.15) is 0 Å². The van der Waals surface area contributed by atoms with Crippen LogP contribution in [0.15, 0.2) is 36.7 Å². The molecule has 0 amide bonds. The Morgan fingerprint density at radius 3 is 2.03 bits per heavy atom. The second-order valence-corrected chi connectivity index (χ2v) is 9.39. The fourth-order valence-electron chi connectivity index (χ4n) is 4.78. The maximum Gasteiger partial charge on any atom is 0.128 e. The van der Waals surface area contributed by atoms with E-state index in [9.17, 15) is 0 Å². The molecule has 1 saturated carbocycles. The van der Waals surface area contributed by atoms with E-state index in [4.69, 9.17) is 4.74 Å². The van der Waals surface area contributed by atoms with Gasteiger partial charge in [-0.1, -0.05) is 90.2 Å². The predicted molar refractivity (Wildman–Crippen MR) is 130 cm³/mol. The van der Waals surface area contributed by atoms with Crippen LogP contribution in [0.4, 0.5) is 0 Å². The maximum atomic E-state index is 5.66. The molecule has 2 aromatic rings. The van der Waals surface area contributed by atoms with E-state index in [1.54, 1.807) is 0 Å². The molecule has 0 bridgehead atoms. The van der Waals surface area contributed by atoms with E-state index in [1.807, 2.05) is 24.5 Å². The maximum absolute atomic E-state index is 5.66. The smallest absolute Gasteiger partial charge is 0.128 e. The van der Waals surface area contributed by atoms with Gasteiger partial charge in [0.25, 0.3) is 0 Å². The fourth-order valence-corrected chi connectivity index (χ4v) is 4.78. The normalized spacial score (nSPS) is 18.8. The van der Waals surface area contributed by atoms with Crippen LogP contribution in [-0.2, 0) is 6.42 Å². The number of hydrogen-bond acceptors (Lipinski definition) is 3. The molecule has 0 unspecified atom stereocenters. The first-order chi connectivity index (χ1) is 15.3. The van der Waals surface area contributed by atoms with Gasteiger partial charge in [0.05, 0.1) is 6.61 Å². The zero-order chi connectivity index (χ0) is 21.7. The van der Waals surface area contributed by atoms with Crippen molar-refractivity contribution in [3.63, 3.8) is 0 Å². The number of unbranched alkanes of at least 4 members (excludes halogenated alkanes) is 4. The van der Waals surface area contributed by atoms with Gasteiger partial charge >= 0.3 is 0 Å². The SMILES string of the molecule is CCCCCCCC1CCC(CCc2ncc(-c3ccc(OCCC)cc3)cn2)CC1. The van der Waals surface area contributed by atoms with E-state index >= 15 is 0 Å². The molecular weight excluding hydrogens is 380 g/mol. The lowest BCUT2D eigenvalue weighted by Crippen LogP contribution is -2.15. The van der Waals surface area contributed by atoms with Gasteiger partial charge in [0, 0.05) is 24.4 Å². The molecule has 1 aromatic heterocycles. The Balaban J connectivity index is 1.36. The third-order valence-corrected chi connectivity index (χ3v) is 6.82. The Bertz CT molecular complexity index is 718. The van der Waals surface area contributed by atoms with Crippen molar-refractivity contribution in [2.45, 2.75) is 97.3 Å². The molecule has 1 fully saturated rings. The first kappa shape index (κ1) is 23.8. The van der Waals surface area contributed by atoms with E-state index < -0.39 is 0 Å². The molecule has 0 N–H and O–H groups in total. The highest BCUT2D eigenvalue weighted by Crippen LogP contribution is 2.34. The molecule has 0 atom stereocenters. The lowest BCUT2D eigenvalue weighted by atomic mass is 9.78. The summed E-state index contributed by atoms with van der Waals surface area (Å²) in [5.41, 5.74) is 2.22. The summed E-state index contributed by atoms with van der Waals surface area (Å²) in [6.45, 7) is 5.18. The zero-order valence-electron chi connectivity index (χ0n) is 19.8. The molecule has 0 spiro atoms. The number of hydrogen-bond donors (Lipinski definition) is 0. The van der Waals surface area contributed by atoms with Gasteiger partial charge in [0.2, 0.25) is 0 Å². The molecular formula is C28H42N2O. The Labute approximate surface area is 190 Å². The fraction of sp³-hybridized carbons (Fsp3) is 0.643. The molecule has 1 aliphatic carbocycles. The molecule has 0 radical (unpaired) electrons. The molecule has 1 aromatic carbocycles. The third kappa shape index (κ3) is 8.27. The van der Waals surface area contributed by atoms with Crippen molar-refractivity contribution in [2.24, 2.45) is 11.8 Å². The Hall–Kier alpha value is -1.90. The Morgan fingerprint density at radius 1 is 0.742 bits per heavy atom. The van der Waals surface area contributed by atoms with Gasteiger partial charge in [-0.25, -0.2) is 9.97 Å². The summed E-state index contributed by atoms with van der Waals surface area (Å²) in [5, 5.41) is 0. The summed E-state index contributed by atoms with van der Waals surface area (Å²) >= 11 is 0. The molecule has 3 rings (SSSR count). The first-order valence-electron chi connectivity index (χ1n) is 12.8. The number of rotatable bonds is 13. The number of ether oxygens (including phenoxy) is 1. The van der Waals surface area contributed by atoms with E-state index in [0.717, 1.165) is 54.0 Å². The molecule has 3 heteroatoms. The van der Waals surface area contributed by atoms with Crippen molar-refractivity contribution < 1.29 is 4.74 Å². The van der Waals surface area contributed by atoms with Gasteiger partial charge in [0.15, 0.2) is 0 Å². The average molecular weight is 423 g/mol. The quantitative estimate of drug-likeness (QED) is 0.306. The predicted octanol–water partition coefficient (Wildman–Crippen LogP) is 8.03. The Morgan fingerprint density at radius 2 is 1.39 bits per heavy atom. The topological polar surface area (TPSA) is 35.0 Å². The van der Waals surface area contributed by atoms with Gasteiger partial charge < -0.3 is 4.74 Å². The van der Waals surface area contributed by atoms with Gasteiger partial charge in [-0.3, -0.25) is 0 Å². The second-order valence-electron chi connectivity index (χ2n) is 9.39. The lowest BCUT2D eigenvalue weighted by molar-refractivity contribution is 0.248. The standard InChI is InChI=1S/C28H42N2O/c1-3-5-6-7-8-9-23-10-12-24(13-11-23)14-19-28-29-21-26(22-30-28)25-15-17-27(18-16-25)31-20-4-2/h15-18,21-24H,3-14,19-20H2,1-2H3. The highest BCUT2D eigenvalue weighted by Gasteiger charge is 2.21. The summed E-state index contributed by atoms with van der Waals surface area (Å²) in [4.78, 5) is 9.30. The monoisotopic (exact) mass is 422 g/mol. The number of aromatic nitrogens is 2. The average Bonchev–Trinajstić information content (AvgIpc) is 2.83. The van der Waals surface area contributed by atoms with E-state index in [2.05, 4.69) is 35.9 Å². The van der Waals surface area contributed by atoms with Crippen LogP contribution in [0.25, 0.3) is 11.1 Å². The summed E-state index contributed by atoms with van der Waals surface area (Å²) in [7, 11) is 0. The van der Waals surface area contributed by atoms with Crippen LogP contribution in [0.1, 0.15) is 96.7 Å². The number of nitrogens with zero attached hydrogens (tertiary/aromatic N) is 2. The summed E-state index contributed by atoms with van der Waals surface area (Å²) in [5.74, 6) is 3.78. The van der Waals surface area contributed by atoms with Crippen LogP contribution in [0.5, 0.6) is 5.75 Å². The molecule has 3 nitrogen and oxygen atoms in total. The van der Waals surface area contributed by atoms with Crippen LogP contribution in [0, 0.1) is 11.8 Å². The van der Waals surface area contributed by atoms with Crippen LogP contribution in [0.3, 0.4) is 0 Å². The Kier molecular flexibility index (Phi) is 10.3. The van der Waals surface area contributed by atoms with Crippen LogP contribution in [-0.4, -0.2) is 16.6 Å². The van der Waals surface area contributed by atoms with Crippen molar-refractivity contribution >= 4 is 0 Å². The first-order valence-corrected chi connectivity index (χ1v) is 12.8. The van der Waals surface area contributed by atoms with Crippen molar-refractivity contribution in [3.05, 3.63) is 42.5 Å². The van der Waals surface area contributed by atoms with Gasteiger partial charge in [-0.15, -0.1) is 0 Å². The van der Waals surface area contributed by atoms with E-state index in [-0.39, 0.29) is 0 Å². The number of benzene rings is 1. The lowest BCUT2D eigenvalue weighted by Gasteiger charge is -2.28.